The number of likely N-dealkylation sites (N-methyl/N-ethyl adjacent to an activating group) is 1. The lowest BCUT2D eigenvalue weighted by atomic mass is 10.2. The maximum atomic E-state index is 12.9. The number of rotatable bonds is 8. The van der Waals surface area contributed by atoms with Crippen LogP contribution in [0.4, 0.5) is 5.69 Å². The SMILES string of the molecule is CCOC(=O)c1cccc(N=C2SC(=Cc3cc(I)c(OCC)c(OCC)c3)C(=O)N2C)c1. The van der Waals surface area contributed by atoms with Crippen LogP contribution in [-0.2, 0) is 9.53 Å². The minimum Gasteiger partial charge on any atom is -0.490 e. The second-order valence-corrected chi connectivity index (χ2v) is 9.01. The summed E-state index contributed by atoms with van der Waals surface area (Å²) in [5.74, 6) is 0.793. The molecule has 0 spiro atoms. The predicted molar refractivity (Wildman–Crippen MR) is 139 cm³/mol. The fourth-order valence-electron chi connectivity index (χ4n) is 3.05. The van der Waals surface area contributed by atoms with Gasteiger partial charge in [0.25, 0.3) is 5.91 Å². The van der Waals surface area contributed by atoms with E-state index in [1.807, 2.05) is 32.1 Å². The number of hydrogen-bond acceptors (Lipinski definition) is 7. The van der Waals surface area contributed by atoms with E-state index in [-0.39, 0.29) is 5.91 Å². The van der Waals surface area contributed by atoms with Gasteiger partial charge in [-0.05, 0) is 97.1 Å². The van der Waals surface area contributed by atoms with Crippen molar-refractivity contribution in [2.45, 2.75) is 20.8 Å². The molecular formula is C24H25IN2O5S. The highest BCUT2D eigenvalue weighted by atomic mass is 127. The Bertz CT molecular complexity index is 1120. The Morgan fingerprint density at radius 2 is 1.88 bits per heavy atom. The smallest absolute Gasteiger partial charge is 0.338 e. The van der Waals surface area contributed by atoms with Gasteiger partial charge in [0.05, 0.1) is 39.5 Å². The number of carbonyl (C=O) groups is 2. The van der Waals surface area contributed by atoms with Crippen molar-refractivity contribution in [1.29, 1.82) is 0 Å². The number of halogens is 1. The van der Waals surface area contributed by atoms with Crippen LogP contribution in [0.15, 0.2) is 46.3 Å². The van der Waals surface area contributed by atoms with Crippen molar-refractivity contribution in [3.63, 3.8) is 0 Å². The zero-order valence-electron chi connectivity index (χ0n) is 18.9. The third kappa shape index (κ3) is 6.08. The van der Waals surface area contributed by atoms with E-state index in [2.05, 4.69) is 27.6 Å². The van der Waals surface area contributed by atoms with Gasteiger partial charge in [-0.3, -0.25) is 9.69 Å². The molecule has 0 N–H and O–H groups in total. The summed E-state index contributed by atoms with van der Waals surface area (Å²) in [4.78, 5) is 31.5. The molecule has 2 aromatic carbocycles. The lowest BCUT2D eigenvalue weighted by Gasteiger charge is -2.13. The number of carbonyl (C=O) groups excluding carboxylic acids is 2. The van der Waals surface area contributed by atoms with E-state index in [1.165, 1.54) is 16.7 Å². The molecule has 0 aliphatic carbocycles. The van der Waals surface area contributed by atoms with E-state index >= 15 is 0 Å². The van der Waals surface area contributed by atoms with Crippen molar-refractivity contribution in [3.05, 3.63) is 56.0 Å². The summed E-state index contributed by atoms with van der Waals surface area (Å²) >= 11 is 3.48. The normalized spacial score (nSPS) is 15.9. The van der Waals surface area contributed by atoms with Gasteiger partial charge in [-0.25, -0.2) is 9.79 Å². The third-order valence-electron chi connectivity index (χ3n) is 4.50. The molecule has 0 atom stereocenters. The maximum absolute atomic E-state index is 12.9. The number of aliphatic imine (C=N–C) groups is 1. The maximum Gasteiger partial charge on any atom is 0.338 e. The molecule has 1 amide bonds. The fraction of sp³-hybridized carbons (Fsp3) is 0.292. The van der Waals surface area contributed by atoms with Gasteiger partial charge in [0, 0.05) is 7.05 Å². The van der Waals surface area contributed by atoms with Crippen LogP contribution in [0.2, 0.25) is 0 Å². The number of hydrogen-bond donors (Lipinski definition) is 0. The topological polar surface area (TPSA) is 77.4 Å². The molecule has 0 unspecified atom stereocenters. The van der Waals surface area contributed by atoms with Crippen LogP contribution < -0.4 is 9.47 Å². The monoisotopic (exact) mass is 580 g/mol. The minimum atomic E-state index is -0.404. The molecule has 1 saturated heterocycles. The Hall–Kier alpha value is -2.53. The van der Waals surface area contributed by atoms with Crippen molar-refractivity contribution < 1.29 is 23.8 Å². The lowest BCUT2D eigenvalue weighted by molar-refractivity contribution is -0.121. The lowest BCUT2D eigenvalue weighted by Crippen LogP contribution is -2.23. The van der Waals surface area contributed by atoms with Crippen molar-refractivity contribution >= 4 is 63.2 Å². The number of thioether (sulfide) groups is 1. The molecule has 33 heavy (non-hydrogen) atoms. The molecule has 7 nitrogen and oxygen atoms in total. The van der Waals surface area contributed by atoms with Gasteiger partial charge < -0.3 is 14.2 Å². The zero-order valence-corrected chi connectivity index (χ0v) is 21.9. The molecule has 3 rings (SSSR count). The van der Waals surface area contributed by atoms with E-state index < -0.39 is 5.97 Å². The Labute approximate surface area is 211 Å². The first-order valence-corrected chi connectivity index (χ1v) is 12.4. The Morgan fingerprint density at radius 1 is 1.12 bits per heavy atom. The predicted octanol–water partition coefficient (Wildman–Crippen LogP) is 5.50. The number of amides is 1. The summed E-state index contributed by atoms with van der Waals surface area (Å²) in [5, 5.41) is 0.526. The number of ether oxygens (including phenoxy) is 3. The Kier molecular flexibility index (Phi) is 8.79. The standard InChI is InChI=1S/C24H25IN2O5S/c1-5-30-19-12-15(11-18(25)21(19)31-6-2)13-20-22(28)27(4)24(33-20)26-17-10-8-9-16(14-17)23(29)32-7-3/h8-14H,5-7H2,1-4H3. The van der Waals surface area contributed by atoms with Gasteiger partial charge in [0.1, 0.15) is 0 Å². The summed E-state index contributed by atoms with van der Waals surface area (Å²) in [7, 11) is 1.68. The summed E-state index contributed by atoms with van der Waals surface area (Å²) in [5.41, 5.74) is 1.82. The number of amidine groups is 1. The quantitative estimate of drug-likeness (QED) is 0.233. The largest absolute Gasteiger partial charge is 0.490 e. The van der Waals surface area contributed by atoms with Crippen LogP contribution in [0.5, 0.6) is 11.5 Å². The number of benzene rings is 2. The van der Waals surface area contributed by atoms with Gasteiger partial charge in [-0.2, -0.15) is 0 Å². The van der Waals surface area contributed by atoms with Gasteiger partial charge >= 0.3 is 5.97 Å². The average Bonchev–Trinajstić information content (AvgIpc) is 3.04. The van der Waals surface area contributed by atoms with E-state index in [4.69, 9.17) is 14.2 Å². The zero-order chi connectivity index (χ0) is 24.0. The molecule has 0 saturated carbocycles. The van der Waals surface area contributed by atoms with Gasteiger partial charge in [-0.15, -0.1) is 0 Å². The van der Waals surface area contributed by atoms with E-state index in [0.717, 1.165) is 9.13 Å². The first-order chi connectivity index (χ1) is 15.9. The second-order valence-electron chi connectivity index (χ2n) is 6.84. The van der Waals surface area contributed by atoms with Crippen LogP contribution >= 0.6 is 34.4 Å². The molecule has 0 bridgehead atoms. The average molecular weight is 580 g/mol. The van der Waals surface area contributed by atoms with Crippen LogP contribution in [-0.4, -0.2) is 48.8 Å². The molecule has 1 aliphatic rings. The third-order valence-corrected chi connectivity index (χ3v) is 6.37. The summed E-state index contributed by atoms with van der Waals surface area (Å²) in [6, 6.07) is 10.7. The Balaban J connectivity index is 1.90. The molecule has 0 aromatic heterocycles. The van der Waals surface area contributed by atoms with Crippen LogP contribution in [0, 0.1) is 3.57 Å². The fourth-order valence-corrected chi connectivity index (χ4v) is 4.82. The molecule has 9 heteroatoms. The van der Waals surface area contributed by atoms with Crippen molar-refractivity contribution in [2.24, 2.45) is 4.99 Å². The van der Waals surface area contributed by atoms with Crippen LogP contribution in [0.3, 0.4) is 0 Å². The first kappa shape index (κ1) is 25.1. The van der Waals surface area contributed by atoms with Crippen molar-refractivity contribution in [1.82, 2.24) is 4.90 Å². The van der Waals surface area contributed by atoms with Crippen molar-refractivity contribution in [2.75, 3.05) is 26.9 Å². The van der Waals surface area contributed by atoms with E-state index in [0.29, 0.717) is 52.6 Å². The molecule has 1 heterocycles. The van der Waals surface area contributed by atoms with Crippen LogP contribution in [0.1, 0.15) is 36.7 Å². The highest BCUT2D eigenvalue weighted by Gasteiger charge is 2.30. The molecule has 0 radical (unpaired) electrons. The summed E-state index contributed by atoms with van der Waals surface area (Å²) in [6.45, 7) is 6.94. The number of nitrogens with zero attached hydrogens (tertiary/aromatic N) is 2. The molecular weight excluding hydrogens is 555 g/mol. The highest BCUT2D eigenvalue weighted by Crippen LogP contribution is 2.37. The molecule has 1 aliphatic heterocycles. The van der Waals surface area contributed by atoms with E-state index in [1.54, 1.807) is 38.2 Å². The van der Waals surface area contributed by atoms with Gasteiger partial charge in [0.2, 0.25) is 0 Å². The highest BCUT2D eigenvalue weighted by molar-refractivity contribution is 14.1. The summed E-state index contributed by atoms with van der Waals surface area (Å²) < 4.78 is 17.4. The van der Waals surface area contributed by atoms with E-state index in [9.17, 15) is 9.59 Å². The second kappa shape index (κ2) is 11.6. The Morgan fingerprint density at radius 3 is 2.58 bits per heavy atom. The molecule has 2 aromatic rings. The number of esters is 1. The van der Waals surface area contributed by atoms with Crippen molar-refractivity contribution in [3.8, 4) is 11.5 Å². The van der Waals surface area contributed by atoms with Crippen LogP contribution in [0.25, 0.3) is 6.08 Å². The minimum absolute atomic E-state index is 0.151. The van der Waals surface area contributed by atoms with Gasteiger partial charge in [0.15, 0.2) is 16.7 Å². The first-order valence-electron chi connectivity index (χ1n) is 10.5. The molecule has 1 fully saturated rings. The van der Waals surface area contributed by atoms with Gasteiger partial charge in [-0.1, -0.05) is 6.07 Å². The molecule has 174 valence electrons. The summed E-state index contributed by atoms with van der Waals surface area (Å²) in [6.07, 6.45) is 1.82.